The quantitative estimate of drug-likeness (QED) is 0.903. The third kappa shape index (κ3) is 2.20. The van der Waals surface area contributed by atoms with Crippen LogP contribution in [-0.2, 0) is 4.74 Å². The van der Waals surface area contributed by atoms with E-state index >= 15 is 0 Å². The molecular formula is C14H21N3O. The van der Waals surface area contributed by atoms with E-state index < -0.39 is 0 Å². The van der Waals surface area contributed by atoms with Gasteiger partial charge in [-0.1, -0.05) is 19.9 Å². The van der Waals surface area contributed by atoms with Crippen LogP contribution < -0.4 is 5.73 Å². The molecule has 1 unspecified atom stereocenters. The molecule has 0 aliphatic heterocycles. The van der Waals surface area contributed by atoms with Crippen molar-refractivity contribution in [2.45, 2.75) is 26.8 Å². The Morgan fingerprint density at radius 3 is 2.72 bits per heavy atom. The molecule has 0 spiro atoms. The molecule has 0 radical (unpaired) electrons. The first-order valence-electron chi connectivity index (χ1n) is 6.27. The van der Waals surface area contributed by atoms with Gasteiger partial charge < -0.3 is 15.0 Å². The average molecular weight is 247 g/mol. The minimum absolute atomic E-state index is 0.210. The Morgan fingerprint density at radius 1 is 1.39 bits per heavy atom. The number of nitrogens with zero attached hydrogens (tertiary/aromatic N) is 2. The number of rotatable bonds is 4. The smallest absolute Gasteiger partial charge is 0.201 e. The van der Waals surface area contributed by atoms with Crippen molar-refractivity contribution < 1.29 is 4.74 Å². The van der Waals surface area contributed by atoms with Gasteiger partial charge in [-0.15, -0.1) is 0 Å². The molecule has 98 valence electrons. The number of fused-ring (bicyclic) bond motifs is 1. The highest BCUT2D eigenvalue weighted by Gasteiger charge is 2.20. The zero-order valence-corrected chi connectivity index (χ0v) is 11.5. The second kappa shape index (κ2) is 4.98. The molecule has 0 bridgehead atoms. The molecule has 4 nitrogen and oxygen atoms in total. The lowest BCUT2D eigenvalue weighted by Crippen LogP contribution is -2.21. The number of aromatic nitrogens is 2. The third-order valence-corrected chi connectivity index (χ3v) is 3.31. The van der Waals surface area contributed by atoms with Crippen molar-refractivity contribution in [1.29, 1.82) is 0 Å². The molecule has 0 amide bonds. The number of ether oxygens (including phenoxy) is 1. The second-order valence-electron chi connectivity index (χ2n) is 5.10. The Bertz CT molecular complexity index is 545. The van der Waals surface area contributed by atoms with Crippen LogP contribution in [0.3, 0.4) is 0 Å². The number of nitrogen functional groups attached to an aromatic ring is 1. The molecule has 2 rings (SSSR count). The molecule has 1 heterocycles. The van der Waals surface area contributed by atoms with E-state index in [1.165, 1.54) is 5.56 Å². The highest BCUT2D eigenvalue weighted by molar-refractivity contribution is 5.79. The van der Waals surface area contributed by atoms with Gasteiger partial charge in [0.05, 0.1) is 23.7 Å². The normalized spacial score (nSPS) is 13.4. The Labute approximate surface area is 108 Å². The summed E-state index contributed by atoms with van der Waals surface area (Å²) in [6.07, 6.45) is 0. The molecule has 18 heavy (non-hydrogen) atoms. The van der Waals surface area contributed by atoms with Crippen molar-refractivity contribution in [3.8, 4) is 0 Å². The van der Waals surface area contributed by atoms with E-state index in [-0.39, 0.29) is 6.04 Å². The van der Waals surface area contributed by atoms with Crippen molar-refractivity contribution in [1.82, 2.24) is 9.55 Å². The SMILES string of the molecule is COCC(C(C)C)n1c(N)nc2ccc(C)cc21. The average Bonchev–Trinajstić information content (AvgIpc) is 2.61. The van der Waals surface area contributed by atoms with Gasteiger partial charge in [0.1, 0.15) is 0 Å². The summed E-state index contributed by atoms with van der Waals surface area (Å²) in [6.45, 7) is 7.06. The number of benzene rings is 1. The summed E-state index contributed by atoms with van der Waals surface area (Å²) in [5.41, 5.74) is 9.31. The molecule has 0 fully saturated rings. The molecule has 4 heteroatoms. The first kappa shape index (κ1) is 12.9. The first-order chi connectivity index (χ1) is 8.54. The number of nitrogens with two attached hydrogens (primary N) is 1. The van der Waals surface area contributed by atoms with E-state index in [9.17, 15) is 0 Å². The van der Waals surface area contributed by atoms with E-state index in [1.807, 2.05) is 6.07 Å². The van der Waals surface area contributed by atoms with Gasteiger partial charge in [0, 0.05) is 7.11 Å². The van der Waals surface area contributed by atoms with E-state index in [4.69, 9.17) is 10.5 Å². The zero-order chi connectivity index (χ0) is 13.3. The molecule has 1 atom stereocenters. The monoisotopic (exact) mass is 247 g/mol. The Morgan fingerprint density at radius 2 is 2.11 bits per heavy atom. The van der Waals surface area contributed by atoms with Crippen LogP contribution in [0.25, 0.3) is 11.0 Å². The summed E-state index contributed by atoms with van der Waals surface area (Å²) in [5.74, 6) is 0.997. The highest BCUT2D eigenvalue weighted by Crippen LogP contribution is 2.28. The fraction of sp³-hybridized carbons (Fsp3) is 0.500. The van der Waals surface area contributed by atoms with Crippen LogP contribution in [0.4, 0.5) is 5.95 Å². The largest absolute Gasteiger partial charge is 0.383 e. The van der Waals surface area contributed by atoms with E-state index in [0.717, 1.165) is 11.0 Å². The lowest BCUT2D eigenvalue weighted by atomic mass is 10.0. The summed E-state index contributed by atoms with van der Waals surface area (Å²) in [7, 11) is 1.72. The van der Waals surface area contributed by atoms with Crippen molar-refractivity contribution >= 4 is 17.0 Å². The number of methoxy groups -OCH3 is 1. The molecule has 1 aromatic heterocycles. The number of anilines is 1. The van der Waals surface area contributed by atoms with Gasteiger partial charge >= 0.3 is 0 Å². The Balaban J connectivity index is 2.60. The van der Waals surface area contributed by atoms with E-state index in [2.05, 4.69) is 42.5 Å². The molecule has 1 aromatic carbocycles. The van der Waals surface area contributed by atoms with Crippen molar-refractivity contribution in [2.24, 2.45) is 5.92 Å². The van der Waals surface area contributed by atoms with E-state index in [0.29, 0.717) is 18.5 Å². The van der Waals surface area contributed by atoms with Crippen LogP contribution in [0, 0.1) is 12.8 Å². The standard InChI is InChI=1S/C14H21N3O/c1-9(2)13(8-18-4)17-12-7-10(3)5-6-11(12)16-14(17)15/h5-7,9,13H,8H2,1-4H3,(H2,15,16). The fourth-order valence-electron chi connectivity index (χ4n) is 2.31. The summed E-state index contributed by atoms with van der Waals surface area (Å²) < 4.78 is 7.41. The summed E-state index contributed by atoms with van der Waals surface area (Å²) in [5, 5.41) is 0. The maximum atomic E-state index is 6.07. The molecule has 2 N–H and O–H groups in total. The van der Waals surface area contributed by atoms with Gasteiger partial charge in [0.2, 0.25) is 5.95 Å². The number of hydrogen-bond donors (Lipinski definition) is 1. The van der Waals surface area contributed by atoms with Crippen LogP contribution in [0.15, 0.2) is 18.2 Å². The lowest BCUT2D eigenvalue weighted by molar-refractivity contribution is 0.136. The van der Waals surface area contributed by atoms with Gasteiger partial charge in [-0.3, -0.25) is 0 Å². The number of imidazole rings is 1. The highest BCUT2D eigenvalue weighted by atomic mass is 16.5. The topological polar surface area (TPSA) is 53.1 Å². The molecular weight excluding hydrogens is 226 g/mol. The zero-order valence-electron chi connectivity index (χ0n) is 11.5. The van der Waals surface area contributed by atoms with E-state index in [1.54, 1.807) is 7.11 Å². The minimum Gasteiger partial charge on any atom is -0.383 e. The molecule has 0 saturated heterocycles. The summed E-state index contributed by atoms with van der Waals surface area (Å²) in [4.78, 5) is 4.42. The Kier molecular flexibility index (Phi) is 3.57. The maximum Gasteiger partial charge on any atom is 0.201 e. The third-order valence-electron chi connectivity index (χ3n) is 3.31. The minimum atomic E-state index is 0.210. The molecule has 0 aliphatic rings. The van der Waals surface area contributed by atoms with Crippen molar-refractivity contribution in [2.75, 3.05) is 19.5 Å². The number of hydrogen-bond acceptors (Lipinski definition) is 3. The van der Waals surface area contributed by atoms with Crippen LogP contribution in [0.2, 0.25) is 0 Å². The molecule has 0 aliphatic carbocycles. The number of aryl methyl sites for hydroxylation is 1. The van der Waals surface area contributed by atoms with Gasteiger partial charge in [0.15, 0.2) is 0 Å². The fourth-order valence-corrected chi connectivity index (χ4v) is 2.31. The van der Waals surface area contributed by atoms with Crippen LogP contribution >= 0.6 is 0 Å². The van der Waals surface area contributed by atoms with Crippen LogP contribution in [0.5, 0.6) is 0 Å². The molecule has 0 saturated carbocycles. The van der Waals surface area contributed by atoms with Gasteiger partial charge in [-0.05, 0) is 30.5 Å². The van der Waals surface area contributed by atoms with Crippen molar-refractivity contribution in [3.63, 3.8) is 0 Å². The van der Waals surface area contributed by atoms with Gasteiger partial charge in [-0.25, -0.2) is 4.98 Å². The second-order valence-corrected chi connectivity index (χ2v) is 5.10. The van der Waals surface area contributed by atoms with Crippen LogP contribution in [0.1, 0.15) is 25.5 Å². The lowest BCUT2D eigenvalue weighted by Gasteiger charge is -2.23. The predicted octanol–water partition coefficient (Wildman–Crippen LogP) is 2.77. The van der Waals surface area contributed by atoms with Crippen LogP contribution in [-0.4, -0.2) is 23.3 Å². The Hall–Kier alpha value is -1.55. The summed E-state index contributed by atoms with van der Waals surface area (Å²) in [6, 6.07) is 6.41. The van der Waals surface area contributed by atoms with Crippen molar-refractivity contribution in [3.05, 3.63) is 23.8 Å². The van der Waals surface area contributed by atoms with Gasteiger partial charge in [0.25, 0.3) is 0 Å². The van der Waals surface area contributed by atoms with Gasteiger partial charge in [-0.2, -0.15) is 0 Å². The predicted molar refractivity (Wildman–Crippen MR) is 74.6 cm³/mol. The maximum absolute atomic E-state index is 6.07. The first-order valence-corrected chi connectivity index (χ1v) is 6.27. The summed E-state index contributed by atoms with van der Waals surface area (Å²) >= 11 is 0. The molecule has 2 aromatic rings.